The van der Waals surface area contributed by atoms with Gasteiger partial charge in [-0.05, 0) is 5.56 Å². The van der Waals surface area contributed by atoms with Crippen molar-refractivity contribution in [3.63, 3.8) is 0 Å². The fourth-order valence-electron chi connectivity index (χ4n) is 1.74. The summed E-state index contributed by atoms with van der Waals surface area (Å²) in [6, 6.07) is 3.24. The summed E-state index contributed by atoms with van der Waals surface area (Å²) in [6.07, 6.45) is 1.45. The monoisotopic (exact) mass is 214 g/mol. The molecule has 1 unspecified atom stereocenters. The molecule has 2 rings (SSSR count). The number of nitrogens with zero attached hydrogens (tertiary/aromatic N) is 1. The van der Waals surface area contributed by atoms with Gasteiger partial charge < -0.3 is 10.1 Å². The van der Waals surface area contributed by atoms with Gasteiger partial charge in [0.05, 0.1) is 19.6 Å². The number of aromatic nitrogens is 1. The van der Waals surface area contributed by atoms with Crippen LogP contribution >= 0.6 is 0 Å². The minimum atomic E-state index is -2.68. The first-order valence-electron chi connectivity index (χ1n) is 4.72. The van der Waals surface area contributed by atoms with E-state index in [1.54, 1.807) is 12.1 Å². The lowest BCUT2D eigenvalue weighted by Crippen LogP contribution is -2.25. The van der Waals surface area contributed by atoms with E-state index in [0.29, 0.717) is 18.0 Å². The van der Waals surface area contributed by atoms with E-state index in [1.807, 2.05) is 0 Å². The van der Waals surface area contributed by atoms with Crippen LogP contribution in [0.3, 0.4) is 0 Å². The van der Waals surface area contributed by atoms with Crippen LogP contribution in [0.2, 0.25) is 0 Å². The molecule has 1 aliphatic rings. The summed E-state index contributed by atoms with van der Waals surface area (Å²) >= 11 is 0. The Kier molecular flexibility index (Phi) is 2.56. The Morgan fingerprint density at radius 1 is 1.53 bits per heavy atom. The first-order chi connectivity index (χ1) is 7.13. The number of hydrogen-bond acceptors (Lipinski definition) is 3. The van der Waals surface area contributed by atoms with Gasteiger partial charge in [-0.1, -0.05) is 6.07 Å². The highest BCUT2D eigenvalue weighted by Crippen LogP contribution is 2.36. The van der Waals surface area contributed by atoms with Gasteiger partial charge >= 0.3 is 0 Å². The van der Waals surface area contributed by atoms with Crippen LogP contribution in [0.4, 0.5) is 8.78 Å². The Balaban J connectivity index is 2.22. The highest BCUT2D eigenvalue weighted by atomic mass is 19.3. The van der Waals surface area contributed by atoms with Gasteiger partial charge in [-0.25, -0.2) is 13.8 Å². The second-order valence-corrected chi connectivity index (χ2v) is 3.58. The van der Waals surface area contributed by atoms with Gasteiger partial charge in [-0.15, -0.1) is 0 Å². The Morgan fingerprint density at radius 3 is 2.80 bits per heavy atom. The number of pyridine rings is 1. The van der Waals surface area contributed by atoms with Gasteiger partial charge in [0.25, 0.3) is 5.92 Å². The van der Waals surface area contributed by atoms with Gasteiger partial charge in [-0.2, -0.15) is 0 Å². The summed E-state index contributed by atoms with van der Waals surface area (Å²) in [4.78, 5) is 3.92. The molecule has 1 N–H and O–H groups in total. The number of hydrogen-bond donors (Lipinski definition) is 1. The first-order valence-corrected chi connectivity index (χ1v) is 4.72. The maximum Gasteiger partial charge on any atom is 0.268 e. The Hall–Kier alpha value is -1.23. The van der Waals surface area contributed by atoms with Gasteiger partial charge in [-0.3, -0.25) is 0 Å². The molecule has 1 fully saturated rings. The van der Waals surface area contributed by atoms with Crippen molar-refractivity contribution in [3.8, 4) is 5.88 Å². The number of ether oxygens (including phenoxy) is 1. The van der Waals surface area contributed by atoms with E-state index in [9.17, 15) is 8.78 Å². The molecule has 1 saturated heterocycles. The summed E-state index contributed by atoms with van der Waals surface area (Å²) in [5, 5.41) is 2.68. The molecule has 0 aliphatic carbocycles. The smallest absolute Gasteiger partial charge is 0.268 e. The highest BCUT2D eigenvalue weighted by molar-refractivity contribution is 5.25. The van der Waals surface area contributed by atoms with Crippen molar-refractivity contribution in [1.82, 2.24) is 10.3 Å². The number of alkyl halides is 2. The van der Waals surface area contributed by atoms with Crippen LogP contribution in [0, 0.1) is 0 Å². The van der Waals surface area contributed by atoms with E-state index < -0.39 is 11.8 Å². The van der Waals surface area contributed by atoms with Crippen molar-refractivity contribution in [2.45, 2.75) is 11.8 Å². The summed E-state index contributed by atoms with van der Waals surface area (Å²) in [5.41, 5.74) is 0.547. The third kappa shape index (κ3) is 1.92. The van der Waals surface area contributed by atoms with E-state index in [2.05, 4.69) is 10.3 Å². The molecule has 3 nitrogen and oxygen atoms in total. The molecule has 0 aromatic carbocycles. The van der Waals surface area contributed by atoms with Crippen molar-refractivity contribution in [1.29, 1.82) is 0 Å². The third-order valence-electron chi connectivity index (χ3n) is 2.59. The summed E-state index contributed by atoms with van der Waals surface area (Å²) in [7, 11) is 1.49. The molecule has 5 heteroatoms. The molecule has 1 aromatic rings. The molecule has 1 atom stereocenters. The van der Waals surface area contributed by atoms with E-state index in [-0.39, 0.29) is 6.54 Å². The second kappa shape index (κ2) is 3.73. The SMILES string of the molecule is COc1ccc(C2CNCC2(F)F)cn1. The molecule has 15 heavy (non-hydrogen) atoms. The topological polar surface area (TPSA) is 34.1 Å². The normalized spacial score (nSPS) is 24.1. The Labute approximate surface area is 86.5 Å². The van der Waals surface area contributed by atoms with Crippen molar-refractivity contribution in [2.24, 2.45) is 0 Å². The molecule has 0 saturated carbocycles. The minimum Gasteiger partial charge on any atom is -0.481 e. The molecular weight excluding hydrogens is 202 g/mol. The zero-order valence-electron chi connectivity index (χ0n) is 8.34. The standard InChI is InChI=1S/C10H12F2N2O/c1-15-9-3-2-7(4-14-9)8-5-13-6-10(8,11)12/h2-4,8,13H,5-6H2,1H3. The van der Waals surface area contributed by atoms with Crippen molar-refractivity contribution < 1.29 is 13.5 Å². The van der Waals surface area contributed by atoms with Crippen molar-refractivity contribution in [3.05, 3.63) is 23.9 Å². The van der Waals surface area contributed by atoms with Gasteiger partial charge in [0.15, 0.2) is 0 Å². The van der Waals surface area contributed by atoms with Crippen LogP contribution in [0.15, 0.2) is 18.3 Å². The molecule has 0 radical (unpaired) electrons. The number of halogens is 2. The van der Waals surface area contributed by atoms with Crippen LogP contribution < -0.4 is 10.1 Å². The maximum atomic E-state index is 13.4. The van der Waals surface area contributed by atoms with Crippen LogP contribution in [0.1, 0.15) is 11.5 Å². The zero-order chi connectivity index (χ0) is 10.9. The van der Waals surface area contributed by atoms with Gasteiger partial charge in [0.2, 0.25) is 5.88 Å². The minimum absolute atomic E-state index is 0.260. The van der Waals surface area contributed by atoms with Crippen LogP contribution in [-0.4, -0.2) is 31.1 Å². The zero-order valence-corrected chi connectivity index (χ0v) is 8.34. The molecule has 1 aliphatic heterocycles. The third-order valence-corrected chi connectivity index (χ3v) is 2.59. The maximum absolute atomic E-state index is 13.4. The number of rotatable bonds is 2. The van der Waals surface area contributed by atoms with Crippen molar-refractivity contribution >= 4 is 0 Å². The lowest BCUT2D eigenvalue weighted by molar-refractivity contribution is 0.00566. The molecular formula is C10H12F2N2O. The largest absolute Gasteiger partial charge is 0.481 e. The molecule has 82 valence electrons. The molecule has 0 amide bonds. The average Bonchev–Trinajstić information content (AvgIpc) is 2.58. The van der Waals surface area contributed by atoms with E-state index in [0.717, 1.165) is 0 Å². The number of nitrogens with one attached hydrogen (secondary N) is 1. The highest BCUT2D eigenvalue weighted by Gasteiger charge is 2.44. The van der Waals surface area contributed by atoms with Crippen LogP contribution in [0.5, 0.6) is 5.88 Å². The van der Waals surface area contributed by atoms with Crippen molar-refractivity contribution in [2.75, 3.05) is 20.2 Å². The van der Waals surface area contributed by atoms with Gasteiger partial charge in [0, 0.05) is 18.8 Å². The lowest BCUT2D eigenvalue weighted by Gasteiger charge is -2.17. The van der Waals surface area contributed by atoms with Crippen LogP contribution in [-0.2, 0) is 0 Å². The summed E-state index contributed by atoms with van der Waals surface area (Å²) < 4.78 is 31.6. The van der Waals surface area contributed by atoms with Crippen LogP contribution in [0.25, 0.3) is 0 Å². The summed E-state index contributed by atoms with van der Waals surface area (Å²) in [6.45, 7) is 0.0324. The quantitative estimate of drug-likeness (QED) is 0.808. The fraction of sp³-hybridized carbons (Fsp3) is 0.500. The molecule has 0 bridgehead atoms. The average molecular weight is 214 g/mol. The molecule has 0 spiro atoms. The Morgan fingerprint density at radius 2 is 2.33 bits per heavy atom. The first kappa shape index (κ1) is 10.3. The van der Waals surface area contributed by atoms with E-state index >= 15 is 0 Å². The fourth-order valence-corrected chi connectivity index (χ4v) is 1.74. The molecule has 1 aromatic heterocycles. The predicted octanol–water partition coefficient (Wildman–Crippen LogP) is 1.41. The molecule has 2 heterocycles. The summed E-state index contributed by atoms with van der Waals surface area (Å²) in [5.74, 6) is -3.03. The van der Waals surface area contributed by atoms with E-state index in [1.165, 1.54) is 13.3 Å². The lowest BCUT2D eigenvalue weighted by atomic mass is 9.97. The van der Waals surface area contributed by atoms with E-state index in [4.69, 9.17) is 4.74 Å². The Bertz CT molecular complexity index is 340. The number of methoxy groups -OCH3 is 1. The van der Waals surface area contributed by atoms with Gasteiger partial charge in [0.1, 0.15) is 0 Å². The predicted molar refractivity (Wildman–Crippen MR) is 51.3 cm³/mol. The second-order valence-electron chi connectivity index (χ2n) is 3.58.